The van der Waals surface area contributed by atoms with Gasteiger partial charge in [-0.2, -0.15) is 0 Å². The molecule has 2 aromatic rings. The van der Waals surface area contributed by atoms with E-state index in [0.29, 0.717) is 16.5 Å². The van der Waals surface area contributed by atoms with Gasteiger partial charge < -0.3 is 9.88 Å². The summed E-state index contributed by atoms with van der Waals surface area (Å²) in [6, 6.07) is 3.58. The molecule has 0 radical (unpaired) electrons. The summed E-state index contributed by atoms with van der Waals surface area (Å²) in [5.41, 5.74) is 1.77. The summed E-state index contributed by atoms with van der Waals surface area (Å²) in [5, 5.41) is 3.27. The van der Waals surface area contributed by atoms with Crippen LogP contribution in [0.5, 0.6) is 0 Å². The van der Waals surface area contributed by atoms with E-state index in [1.165, 1.54) is 0 Å². The lowest BCUT2D eigenvalue weighted by molar-refractivity contribution is 0.101. The molecule has 2 aromatic heterocycles. The second-order valence-corrected chi connectivity index (χ2v) is 6.59. The van der Waals surface area contributed by atoms with Crippen molar-refractivity contribution in [3.05, 3.63) is 44.4 Å². The molecule has 0 saturated heterocycles. The predicted molar refractivity (Wildman–Crippen MR) is 89.5 cm³/mol. The zero-order chi connectivity index (χ0) is 15.7. The van der Waals surface area contributed by atoms with E-state index in [9.17, 15) is 4.79 Å². The first-order valence-electron chi connectivity index (χ1n) is 6.31. The van der Waals surface area contributed by atoms with Crippen LogP contribution in [0, 0.1) is 6.92 Å². The summed E-state index contributed by atoms with van der Waals surface area (Å²) in [6.45, 7) is 5.82. The molecule has 21 heavy (non-hydrogen) atoms. The topological polar surface area (TPSA) is 46.9 Å². The van der Waals surface area contributed by atoms with Gasteiger partial charge in [-0.05, 0) is 54.4 Å². The molecule has 0 aliphatic rings. The molecule has 0 unspecified atom stereocenters. The Kier molecular flexibility index (Phi) is 4.96. The SMILES string of the molecule is Cc1cc(Cl)nc(Cl)c1NC(=O)c1cc(Br)cn1C(C)C. The number of aromatic nitrogens is 2. The van der Waals surface area contributed by atoms with Crippen molar-refractivity contribution in [1.82, 2.24) is 9.55 Å². The molecule has 1 amide bonds. The van der Waals surface area contributed by atoms with E-state index in [4.69, 9.17) is 23.2 Å². The first-order chi connectivity index (χ1) is 9.79. The first kappa shape index (κ1) is 16.3. The minimum Gasteiger partial charge on any atom is -0.340 e. The third-order valence-corrected chi connectivity index (χ3v) is 3.88. The number of anilines is 1. The van der Waals surface area contributed by atoms with Gasteiger partial charge >= 0.3 is 0 Å². The number of nitrogens with zero attached hydrogens (tertiary/aromatic N) is 2. The number of hydrogen-bond acceptors (Lipinski definition) is 2. The standard InChI is InChI=1S/C14H14BrCl2N3O/c1-7(2)20-6-9(15)5-10(20)14(21)19-12-8(3)4-11(16)18-13(12)17/h4-7H,1-3H3,(H,19,21). The molecule has 2 rings (SSSR count). The van der Waals surface area contributed by atoms with E-state index >= 15 is 0 Å². The molecule has 0 aliphatic carbocycles. The predicted octanol–water partition coefficient (Wildman–Crippen LogP) is 5.09. The highest BCUT2D eigenvalue weighted by atomic mass is 79.9. The fourth-order valence-corrected chi connectivity index (χ4v) is 2.99. The molecule has 2 heterocycles. The van der Waals surface area contributed by atoms with E-state index in [2.05, 4.69) is 26.2 Å². The second kappa shape index (κ2) is 6.38. The molecule has 0 aromatic carbocycles. The number of rotatable bonds is 3. The van der Waals surface area contributed by atoms with Gasteiger partial charge in [-0.15, -0.1) is 0 Å². The highest BCUT2D eigenvalue weighted by molar-refractivity contribution is 9.10. The van der Waals surface area contributed by atoms with Crippen molar-refractivity contribution >= 4 is 50.7 Å². The number of amides is 1. The Hall–Kier alpha value is -1.04. The molecule has 112 valence electrons. The van der Waals surface area contributed by atoms with Crippen LogP contribution in [0.1, 0.15) is 35.9 Å². The maximum Gasteiger partial charge on any atom is 0.272 e. The molecular weight excluding hydrogens is 377 g/mol. The van der Waals surface area contributed by atoms with E-state index in [1.54, 1.807) is 12.1 Å². The highest BCUT2D eigenvalue weighted by Crippen LogP contribution is 2.28. The largest absolute Gasteiger partial charge is 0.340 e. The molecule has 0 saturated carbocycles. The molecule has 0 aliphatic heterocycles. The van der Waals surface area contributed by atoms with Crippen LogP contribution in [-0.2, 0) is 0 Å². The van der Waals surface area contributed by atoms with Crippen molar-refractivity contribution < 1.29 is 4.79 Å². The van der Waals surface area contributed by atoms with Gasteiger partial charge in [0.2, 0.25) is 0 Å². The number of halogens is 3. The number of pyridine rings is 1. The first-order valence-corrected chi connectivity index (χ1v) is 7.86. The van der Waals surface area contributed by atoms with Crippen LogP contribution in [0.4, 0.5) is 5.69 Å². The molecular formula is C14H14BrCl2N3O. The summed E-state index contributed by atoms with van der Waals surface area (Å²) in [6.07, 6.45) is 1.87. The van der Waals surface area contributed by atoms with E-state index in [0.717, 1.165) is 10.0 Å². The van der Waals surface area contributed by atoms with Crippen LogP contribution in [0.2, 0.25) is 10.3 Å². The van der Waals surface area contributed by atoms with Gasteiger partial charge in [-0.1, -0.05) is 23.2 Å². The number of carbonyl (C=O) groups excluding carboxylic acids is 1. The molecule has 0 bridgehead atoms. The van der Waals surface area contributed by atoms with Crippen LogP contribution in [0.15, 0.2) is 22.8 Å². The summed E-state index contributed by atoms with van der Waals surface area (Å²) in [4.78, 5) is 16.4. The van der Waals surface area contributed by atoms with Crippen LogP contribution >= 0.6 is 39.1 Å². The Morgan fingerprint density at radius 2 is 2.05 bits per heavy atom. The zero-order valence-electron chi connectivity index (χ0n) is 11.7. The van der Waals surface area contributed by atoms with E-state index in [-0.39, 0.29) is 17.1 Å². The molecule has 0 fully saturated rings. The fraction of sp³-hybridized carbons (Fsp3) is 0.286. The maximum atomic E-state index is 12.5. The minimum absolute atomic E-state index is 0.164. The average molecular weight is 391 g/mol. The zero-order valence-corrected chi connectivity index (χ0v) is 14.8. The number of aryl methyl sites for hydroxylation is 1. The molecule has 0 spiro atoms. The highest BCUT2D eigenvalue weighted by Gasteiger charge is 2.18. The van der Waals surface area contributed by atoms with Crippen molar-refractivity contribution in [2.75, 3.05) is 5.32 Å². The Morgan fingerprint density at radius 3 is 2.62 bits per heavy atom. The van der Waals surface area contributed by atoms with Crippen LogP contribution < -0.4 is 5.32 Å². The Morgan fingerprint density at radius 1 is 1.38 bits per heavy atom. The van der Waals surface area contributed by atoms with Gasteiger partial charge in [-0.25, -0.2) is 4.98 Å². The Labute approximate surface area is 141 Å². The van der Waals surface area contributed by atoms with Crippen molar-refractivity contribution in [2.24, 2.45) is 0 Å². The van der Waals surface area contributed by atoms with Crippen molar-refractivity contribution in [3.8, 4) is 0 Å². The fourth-order valence-electron chi connectivity index (χ4n) is 1.98. The number of carbonyl (C=O) groups is 1. The van der Waals surface area contributed by atoms with Gasteiger partial charge in [0.05, 0.1) is 5.69 Å². The summed E-state index contributed by atoms with van der Waals surface area (Å²) < 4.78 is 2.73. The molecule has 1 N–H and O–H groups in total. The smallest absolute Gasteiger partial charge is 0.272 e. The molecule has 4 nitrogen and oxygen atoms in total. The van der Waals surface area contributed by atoms with Gasteiger partial charge in [0, 0.05) is 16.7 Å². The Balaban J connectivity index is 2.35. The van der Waals surface area contributed by atoms with Gasteiger partial charge in [0.1, 0.15) is 10.8 Å². The second-order valence-electron chi connectivity index (χ2n) is 4.93. The van der Waals surface area contributed by atoms with Crippen molar-refractivity contribution in [3.63, 3.8) is 0 Å². The van der Waals surface area contributed by atoms with Gasteiger partial charge in [0.15, 0.2) is 5.15 Å². The lowest BCUT2D eigenvalue weighted by Gasteiger charge is -2.14. The summed E-state index contributed by atoms with van der Waals surface area (Å²) in [5.74, 6) is -0.247. The minimum atomic E-state index is -0.247. The summed E-state index contributed by atoms with van der Waals surface area (Å²) >= 11 is 15.3. The quantitative estimate of drug-likeness (QED) is 0.741. The van der Waals surface area contributed by atoms with E-state index in [1.807, 2.05) is 31.5 Å². The molecule has 7 heteroatoms. The van der Waals surface area contributed by atoms with Crippen LogP contribution in [-0.4, -0.2) is 15.5 Å². The van der Waals surface area contributed by atoms with Crippen LogP contribution in [0.25, 0.3) is 0 Å². The lowest BCUT2D eigenvalue weighted by Crippen LogP contribution is -2.18. The maximum absolute atomic E-state index is 12.5. The summed E-state index contributed by atoms with van der Waals surface area (Å²) in [7, 11) is 0. The van der Waals surface area contributed by atoms with Gasteiger partial charge in [-0.3, -0.25) is 4.79 Å². The normalized spacial score (nSPS) is 11.0. The number of nitrogens with one attached hydrogen (secondary N) is 1. The molecule has 0 atom stereocenters. The Bertz CT molecular complexity index is 675. The van der Waals surface area contributed by atoms with Crippen molar-refractivity contribution in [2.45, 2.75) is 26.8 Å². The van der Waals surface area contributed by atoms with Crippen LogP contribution in [0.3, 0.4) is 0 Å². The third-order valence-electron chi connectivity index (χ3n) is 2.98. The van der Waals surface area contributed by atoms with Crippen molar-refractivity contribution in [1.29, 1.82) is 0 Å². The third kappa shape index (κ3) is 3.59. The lowest BCUT2D eigenvalue weighted by atomic mass is 10.2. The van der Waals surface area contributed by atoms with E-state index < -0.39 is 0 Å². The van der Waals surface area contributed by atoms with Gasteiger partial charge in [0.25, 0.3) is 5.91 Å². The average Bonchev–Trinajstić information content (AvgIpc) is 2.76. The number of hydrogen-bond donors (Lipinski definition) is 1. The monoisotopic (exact) mass is 389 g/mol.